The number of ether oxygens (including phenoxy) is 3. The Hall–Kier alpha value is -3.61. The molecule has 0 saturated carbocycles. The van der Waals surface area contributed by atoms with Crippen LogP contribution in [0.15, 0.2) is 42.5 Å². The van der Waals surface area contributed by atoms with Crippen molar-refractivity contribution < 1.29 is 28.9 Å². The number of hydrogen-bond acceptors (Lipinski definition) is 7. The summed E-state index contributed by atoms with van der Waals surface area (Å²) in [7, 11) is 2.73. The summed E-state index contributed by atoms with van der Waals surface area (Å²) in [5.41, 5.74) is 1.89. The fourth-order valence-corrected chi connectivity index (χ4v) is 2.94. The number of pyridine rings is 1. The van der Waals surface area contributed by atoms with Gasteiger partial charge in [-0.05, 0) is 30.7 Å². The van der Waals surface area contributed by atoms with E-state index in [9.17, 15) is 14.7 Å². The van der Waals surface area contributed by atoms with Crippen molar-refractivity contribution in [3.8, 4) is 11.5 Å². The van der Waals surface area contributed by atoms with Crippen LogP contribution in [0.25, 0.3) is 10.9 Å². The van der Waals surface area contributed by atoms with E-state index in [-0.39, 0.29) is 29.2 Å². The van der Waals surface area contributed by atoms with E-state index in [1.165, 1.54) is 32.4 Å². The highest BCUT2D eigenvalue weighted by Gasteiger charge is 2.21. The number of carbonyl (C=O) groups excluding carboxylic acids is 2. The summed E-state index contributed by atoms with van der Waals surface area (Å²) in [4.78, 5) is 29.1. The van der Waals surface area contributed by atoms with E-state index >= 15 is 0 Å². The van der Waals surface area contributed by atoms with Gasteiger partial charge in [0, 0.05) is 11.5 Å². The van der Waals surface area contributed by atoms with Gasteiger partial charge in [-0.1, -0.05) is 18.2 Å². The Kier molecular flexibility index (Phi) is 5.44. The minimum Gasteiger partial charge on any atom is -0.507 e. The van der Waals surface area contributed by atoms with Crippen molar-refractivity contribution in [2.24, 2.45) is 0 Å². The number of aromatic nitrogens is 1. The first-order chi connectivity index (χ1) is 13.5. The molecule has 0 fully saturated rings. The molecule has 3 rings (SSSR count). The molecule has 0 bridgehead atoms. The lowest BCUT2D eigenvalue weighted by atomic mass is 10.0. The lowest BCUT2D eigenvalue weighted by molar-refractivity contribution is 0.0452. The Morgan fingerprint density at radius 2 is 1.82 bits per heavy atom. The van der Waals surface area contributed by atoms with Crippen molar-refractivity contribution in [2.45, 2.75) is 13.5 Å². The number of esters is 2. The molecule has 1 N–H and O–H groups in total. The number of hydrogen-bond donors (Lipinski definition) is 1. The Morgan fingerprint density at radius 3 is 2.50 bits per heavy atom. The zero-order valence-electron chi connectivity index (χ0n) is 15.7. The molecule has 0 spiro atoms. The molecule has 0 aliphatic heterocycles. The van der Waals surface area contributed by atoms with Crippen LogP contribution >= 0.6 is 0 Å². The van der Waals surface area contributed by atoms with Gasteiger partial charge in [0.25, 0.3) is 0 Å². The molecule has 7 heteroatoms. The van der Waals surface area contributed by atoms with Crippen molar-refractivity contribution in [1.29, 1.82) is 0 Å². The van der Waals surface area contributed by atoms with Crippen LogP contribution < -0.4 is 4.74 Å². The molecule has 0 saturated heterocycles. The number of phenols is 1. The number of benzene rings is 2. The molecular formula is C21H19NO6. The normalized spacial score (nSPS) is 10.5. The lowest BCUT2D eigenvalue weighted by Crippen LogP contribution is -2.14. The highest BCUT2D eigenvalue weighted by Crippen LogP contribution is 2.26. The number of phenolic OH excluding ortho intramolecular Hbond substituents is 1. The maximum absolute atomic E-state index is 12.4. The van der Waals surface area contributed by atoms with Gasteiger partial charge >= 0.3 is 11.9 Å². The zero-order chi connectivity index (χ0) is 20.3. The van der Waals surface area contributed by atoms with Crippen LogP contribution in [0.3, 0.4) is 0 Å². The minimum absolute atomic E-state index is 0.0158. The molecule has 3 aromatic rings. The highest BCUT2D eigenvalue weighted by molar-refractivity contribution is 5.98. The molecule has 28 heavy (non-hydrogen) atoms. The van der Waals surface area contributed by atoms with Gasteiger partial charge in [-0.25, -0.2) is 14.6 Å². The number of aromatic hydroxyl groups is 1. The summed E-state index contributed by atoms with van der Waals surface area (Å²) >= 11 is 0. The predicted molar refractivity (Wildman–Crippen MR) is 102 cm³/mol. The van der Waals surface area contributed by atoms with Gasteiger partial charge in [0.05, 0.1) is 31.0 Å². The fourth-order valence-electron chi connectivity index (χ4n) is 2.94. The van der Waals surface area contributed by atoms with Gasteiger partial charge in [0.2, 0.25) is 0 Å². The molecule has 7 nitrogen and oxygen atoms in total. The Bertz CT molecular complexity index is 1060. The van der Waals surface area contributed by atoms with Gasteiger partial charge in [0.15, 0.2) is 0 Å². The Morgan fingerprint density at radius 1 is 1.07 bits per heavy atom. The zero-order valence-corrected chi connectivity index (χ0v) is 15.7. The molecule has 0 radical (unpaired) electrons. The number of para-hydroxylation sites is 1. The van der Waals surface area contributed by atoms with Gasteiger partial charge in [-0.2, -0.15) is 0 Å². The first-order valence-corrected chi connectivity index (χ1v) is 8.47. The number of methoxy groups -OCH3 is 2. The molecule has 144 valence electrons. The first kappa shape index (κ1) is 19.2. The molecule has 0 aliphatic rings. The summed E-state index contributed by atoms with van der Waals surface area (Å²) in [6, 6.07) is 11.6. The molecule has 1 aromatic heterocycles. The monoisotopic (exact) mass is 381 g/mol. The van der Waals surface area contributed by atoms with Crippen molar-refractivity contribution in [3.05, 3.63) is 64.8 Å². The molecule has 0 atom stereocenters. The van der Waals surface area contributed by atoms with Crippen LogP contribution in [0, 0.1) is 6.92 Å². The van der Waals surface area contributed by atoms with E-state index in [1.54, 1.807) is 6.92 Å². The maximum Gasteiger partial charge on any atom is 0.342 e. The minimum atomic E-state index is -0.747. The average molecular weight is 381 g/mol. The predicted octanol–water partition coefficient (Wildman–Crippen LogP) is 3.40. The van der Waals surface area contributed by atoms with Crippen LogP contribution in [0.4, 0.5) is 0 Å². The lowest BCUT2D eigenvalue weighted by Gasteiger charge is -2.14. The smallest absolute Gasteiger partial charge is 0.342 e. The van der Waals surface area contributed by atoms with Crippen LogP contribution in [-0.2, 0) is 16.1 Å². The highest BCUT2D eigenvalue weighted by atomic mass is 16.5. The van der Waals surface area contributed by atoms with E-state index in [4.69, 9.17) is 14.2 Å². The Balaban J connectivity index is 1.93. The van der Waals surface area contributed by atoms with Crippen LogP contribution in [0.1, 0.15) is 32.0 Å². The fraction of sp³-hybridized carbons (Fsp3) is 0.190. The molecule has 0 amide bonds. The third kappa shape index (κ3) is 3.59. The van der Waals surface area contributed by atoms with Crippen LogP contribution in [0.5, 0.6) is 11.5 Å². The number of nitrogens with zero attached hydrogens (tertiary/aromatic N) is 1. The van der Waals surface area contributed by atoms with E-state index in [0.717, 1.165) is 5.39 Å². The third-order valence-electron chi connectivity index (χ3n) is 4.38. The van der Waals surface area contributed by atoms with Crippen LogP contribution in [-0.4, -0.2) is 36.2 Å². The second-order valence-corrected chi connectivity index (χ2v) is 6.03. The summed E-state index contributed by atoms with van der Waals surface area (Å²) in [6.45, 7) is 1.54. The quantitative estimate of drug-likeness (QED) is 0.677. The van der Waals surface area contributed by atoms with Crippen LogP contribution in [0.2, 0.25) is 0 Å². The Labute approximate surface area is 161 Å². The first-order valence-electron chi connectivity index (χ1n) is 8.47. The number of carbonyl (C=O) groups is 2. The molecule has 0 aliphatic carbocycles. The van der Waals surface area contributed by atoms with E-state index in [2.05, 4.69) is 4.98 Å². The van der Waals surface area contributed by atoms with E-state index < -0.39 is 11.9 Å². The molecule has 0 unspecified atom stereocenters. The van der Waals surface area contributed by atoms with Crippen molar-refractivity contribution in [2.75, 3.05) is 14.2 Å². The summed E-state index contributed by atoms with van der Waals surface area (Å²) < 4.78 is 15.2. The standard InChI is InChI=1S/C21H19NO6/c1-12-14-6-4-5-7-16(14)22-17(19(12)21(25)27-3)11-28-20(24)15-9-8-13(26-2)10-18(15)23/h4-10,23H,11H2,1-3H3. The summed E-state index contributed by atoms with van der Waals surface area (Å²) in [5, 5.41) is 10.8. The van der Waals surface area contributed by atoms with Gasteiger partial charge in [-0.15, -0.1) is 0 Å². The second-order valence-electron chi connectivity index (χ2n) is 6.03. The molecule has 1 heterocycles. The summed E-state index contributed by atoms with van der Waals surface area (Å²) in [5.74, 6) is -1.16. The largest absolute Gasteiger partial charge is 0.507 e. The van der Waals surface area contributed by atoms with Gasteiger partial charge < -0.3 is 19.3 Å². The van der Waals surface area contributed by atoms with Gasteiger partial charge in [-0.3, -0.25) is 0 Å². The van der Waals surface area contributed by atoms with Crippen molar-refractivity contribution in [3.63, 3.8) is 0 Å². The van der Waals surface area contributed by atoms with E-state index in [1.807, 2.05) is 24.3 Å². The molecule has 2 aromatic carbocycles. The average Bonchev–Trinajstić information content (AvgIpc) is 2.71. The summed E-state index contributed by atoms with van der Waals surface area (Å²) in [6.07, 6.45) is 0. The molecular weight excluding hydrogens is 362 g/mol. The second kappa shape index (κ2) is 7.96. The number of aryl methyl sites for hydroxylation is 1. The van der Waals surface area contributed by atoms with Crippen molar-refractivity contribution in [1.82, 2.24) is 4.98 Å². The SMILES string of the molecule is COC(=O)c1c(COC(=O)c2ccc(OC)cc2O)nc2ccccc2c1C. The topological polar surface area (TPSA) is 95.0 Å². The van der Waals surface area contributed by atoms with E-state index in [0.29, 0.717) is 16.8 Å². The maximum atomic E-state index is 12.4. The van der Waals surface area contributed by atoms with Crippen molar-refractivity contribution >= 4 is 22.8 Å². The third-order valence-corrected chi connectivity index (χ3v) is 4.38. The number of rotatable bonds is 5. The van der Waals surface area contributed by atoms with Gasteiger partial charge in [0.1, 0.15) is 23.7 Å². The number of fused-ring (bicyclic) bond motifs is 1.